The number of hydrogen-bond donors (Lipinski definition) is 1. The Bertz CT molecular complexity index is 674. The average molecular weight is 361 g/mol. The monoisotopic (exact) mass is 360 g/mol. The van der Waals surface area contributed by atoms with Crippen LogP contribution in [0.2, 0.25) is 0 Å². The van der Waals surface area contributed by atoms with Crippen molar-refractivity contribution in [2.75, 3.05) is 20.1 Å². The first-order valence-electron chi connectivity index (χ1n) is 8.59. The van der Waals surface area contributed by atoms with Crippen molar-refractivity contribution in [3.8, 4) is 0 Å². The Labute approximate surface area is 154 Å². The lowest BCUT2D eigenvalue weighted by molar-refractivity contribution is 0.468. The van der Waals surface area contributed by atoms with Crippen LogP contribution in [0.3, 0.4) is 0 Å². The van der Waals surface area contributed by atoms with E-state index in [0.29, 0.717) is 6.54 Å². The zero-order valence-corrected chi connectivity index (χ0v) is 16.2. The number of unbranched alkanes of at least 4 members (excludes halogenated alkanes) is 1. The van der Waals surface area contributed by atoms with E-state index in [0.717, 1.165) is 50.0 Å². The maximum atomic E-state index is 4.75. The van der Waals surface area contributed by atoms with Crippen molar-refractivity contribution < 1.29 is 0 Å². The van der Waals surface area contributed by atoms with Crippen LogP contribution in [0, 0.1) is 6.92 Å². The number of aliphatic imine (C=N–C) groups is 1. The summed E-state index contributed by atoms with van der Waals surface area (Å²) in [7, 11) is 4.04. The molecule has 0 aromatic carbocycles. The molecule has 2 heterocycles. The fourth-order valence-electron chi connectivity index (χ4n) is 2.38. The molecule has 0 bridgehead atoms. The molecule has 7 heteroatoms. The molecular formula is C18H28N6S. The highest BCUT2D eigenvalue weighted by molar-refractivity contribution is 7.09. The number of guanidine groups is 1. The quantitative estimate of drug-likeness (QED) is 0.323. The zero-order valence-electron chi connectivity index (χ0n) is 15.4. The molecule has 0 fully saturated rings. The fraction of sp³-hybridized carbons (Fsp3) is 0.500. The Morgan fingerprint density at radius 2 is 2.32 bits per heavy atom. The van der Waals surface area contributed by atoms with Gasteiger partial charge in [0.25, 0.3) is 0 Å². The molecule has 2 rings (SSSR count). The molecule has 0 saturated heterocycles. The van der Waals surface area contributed by atoms with Crippen LogP contribution in [0.4, 0.5) is 0 Å². The molecule has 1 N–H and O–H groups in total. The summed E-state index contributed by atoms with van der Waals surface area (Å²) in [6.07, 6.45) is 5.03. The SMILES string of the molecule is C=CCCCN(C)C(=NCc1nnc(C)n1C)NCCc1cccs1. The lowest BCUT2D eigenvalue weighted by Gasteiger charge is -2.22. The van der Waals surface area contributed by atoms with E-state index >= 15 is 0 Å². The van der Waals surface area contributed by atoms with Crippen molar-refractivity contribution in [1.29, 1.82) is 0 Å². The van der Waals surface area contributed by atoms with Crippen LogP contribution in [-0.2, 0) is 20.0 Å². The summed E-state index contributed by atoms with van der Waals surface area (Å²) < 4.78 is 1.98. The van der Waals surface area contributed by atoms with Gasteiger partial charge in [-0.05, 0) is 37.6 Å². The molecule has 0 aliphatic rings. The number of aryl methyl sites for hydroxylation is 1. The third kappa shape index (κ3) is 6.01. The second-order valence-electron chi connectivity index (χ2n) is 5.97. The molecular weight excluding hydrogens is 332 g/mol. The maximum absolute atomic E-state index is 4.75. The summed E-state index contributed by atoms with van der Waals surface area (Å²) in [5.74, 6) is 2.67. The number of nitrogens with zero attached hydrogens (tertiary/aromatic N) is 5. The summed E-state index contributed by atoms with van der Waals surface area (Å²) in [6, 6.07) is 4.26. The number of hydrogen-bond acceptors (Lipinski definition) is 4. The first kappa shape index (κ1) is 19.2. The minimum Gasteiger partial charge on any atom is -0.356 e. The van der Waals surface area contributed by atoms with Gasteiger partial charge in [0.2, 0.25) is 0 Å². The molecule has 0 spiro atoms. The molecule has 0 atom stereocenters. The van der Waals surface area contributed by atoms with Gasteiger partial charge in [0.1, 0.15) is 12.4 Å². The zero-order chi connectivity index (χ0) is 18.1. The molecule has 6 nitrogen and oxygen atoms in total. The highest BCUT2D eigenvalue weighted by Gasteiger charge is 2.09. The van der Waals surface area contributed by atoms with Crippen molar-refractivity contribution >= 4 is 17.3 Å². The third-order valence-electron chi connectivity index (χ3n) is 4.05. The minimum atomic E-state index is 0.518. The van der Waals surface area contributed by atoms with Crippen LogP contribution >= 0.6 is 11.3 Å². The van der Waals surface area contributed by atoms with Crippen molar-refractivity contribution in [3.63, 3.8) is 0 Å². The molecule has 0 unspecified atom stereocenters. The number of thiophene rings is 1. The lowest BCUT2D eigenvalue weighted by atomic mass is 10.3. The predicted molar refractivity (Wildman–Crippen MR) is 105 cm³/mol. The molecule has 0 amide bonds. The number of allylic oxidation sites excluding steroid dienone is 1. The van der Waals surface area contributed by atoms with Crippen molar-refractivity contribution in [3.05, 3.63) is 46.7 Å². The molecule has 136 valence electrons. The number of rotatable bonds is 9. The van der Waals surface area contributed by atoms with Crippen molar-refractivity contribution in [1.82, 2.24) is 25.0 Å². The van der Waals surface area contributed by atoms with Crippen molar-refractivity contribution in [2.45, 2.75) is 32.7 Å². The van der Waals surface area contributed by atoms with E-state index in [4.69, 9.17) is 4.99 Å². The van der Waals surface area contributed by atoms with E-state index in [9.17, 15) is 0 Å². The standard InChI is InChI=1S/C18H28N6S/c1-5-6-7-12-23(3)18(19-11-10-16-9-8-13-25-16)20-14-17-22-21-15(2)24(17)4/h5,8-9,13H,1,6-7,10-12,14H2,2-4H3,(H,19,20). The van der Waals surface area contributed by atoms with E-state index in [2.05, 4.69) is 51.6 Å². The molecule has 2 aromatic rings. The third-order valence-corrected chi connectivity index (χ3v) is 4.99. The topological polar surface area (TPSA) is 58.3 Å². The van der Waals surface area contributed by atoms with Gasteiger partial charge < -0.3 is 14.8 Å². The van der Waals surface area contributed by atoms with Crippen LogP contribution in [0.25, 0.3) is 0 Å². The normalized spacial score (nSPS) is 11.6. The van der Waals surface area contributed by atoms with E-state index in [1.165, 1.54) is 4.88 Å². The smallest absolute Gasteiger partial charge is 0.194 e. The average Bonchev–Trinajstić information content (AvgIpc) is 3.22. The fourth-order valence-corrected chi connectivity index (χ4v) is 3.09. The van der Waals surface area contributed by atoms with E-state index < -0.39 is 0 Å². The molecule has 0 saturated carbocycles. The lowest BCUT2D eigenvalue weighted by Crippen LogP contribution is -2.40. The highest BCUT2D eigenvalue weighted by Crippen LogP contribution is 2.08. The molecule has 0 aliphatic carbocycles. The van der Waals surface area contributed by atoms with Gasteiger partial charge >= 0.3 is 0 Å². The van der Waals surface area contributed by atoms with Gasteiger partial charge in [-0.2, -0.15) is 0 Å². The van der Waals surface area contributed by atoms with E-state index in [-0.39, 0.29) is 0 Å². The first-order chi connectivity index (χ1) is 12.1. The van der Waals surface area contributed by atoms with Gasteiger partial charge in [0.15, 0.2) is 11.8 Å². The van der Waals surface area contributed by atoms with Gasteiger partial charge in [-0.1, -0.05) is 12.1 Å². The molecule has 0 radical (unpaired) electrons. The highest BCUT2D eigenvalue weighted by atomic mass is 32.1. The van der Waals surface area contributed by atoms with Crippen LogP contribution in [0.5, 0.6) is 0 Å². The Hall–Kier alpha value is -2.15. The molecule has 2 aromatic heterocycles. The second kappa shape index (κ2) is 9.98. The molecule has 25 heavy (non-hydrogen) atoms. The van der Waals surface area contributed by atoms with Crippen molar-refractivity contribution in [2.24, 2.45) is 12.0 Å². The Balaban J connectivity index is 1.97. The predicted octanol–water partition coefficient (Wildman–Crippen LogP) is 2.77. The van der Waals surface area contributed by atoms with Crippen LogP contribution in [0.15, 0.2) is 35.2 Å². The first-order valence-corrected chi connectivity index (χ1v) is 9.47. The summed E-state index contributed by atoms with van der Waals surface area (Å²) in [5.41, 5.74) is 0. The van der Waals surface area contributed by atoms with Gasteiger partial charge in [-0.3, -0.25) is 0 Å². The van der Waals surface area contributed by atoms with Gasteiger partial charge in [-0.15, -0.1) is 28.1 Å². The largest absolute Gasteiger partial charge is 0.356 e. The Morgan fingerprint density at radius 1 is 1.48 bits per heavy atom. The minimum absolute atomic E-state index is 0.518. The van der Waals surface area contributed by atoms with Gasteiger partial charge in [-0.25, -0.2) is 4.99 Å². The van der Waals surface area contributed by atoms with Crippen LogP contribution < -0.4 is 5.32 Å². The van der Waals surface area contributed by atoms with Crippen LogP contribution in [-0.4, -0.2) is 45.8 Å². The number of aromatic nitrogens is 3. The molecule has 0 aliphatic heterocycles. The van der Waals surface area contributed by atoms with Gasteiger partial charge in [0.05, 0.1) is 0 Å². The summed E-state index contributed by atoms with van der Waals surface area (Å²) >= 11 is 1.79. The summed E-state index contributed by atoms with van der Waals surface area (Å²) in [6.45, 7) is 8.06. The van der Waals surface area contributed by atoms with E-state index in [1.807, 2.05) is 24.6 Å². The Kier molecular flexibility index (Phi) is 7.66. The van der Waals surface area contributed by atoms with Crippen LogP contribution in [0.1, 0.15) is 29.4 Å². The van der Waals surface area contributed by atoms with Gasteiger partial charge in [0, 0.05) is 32.1 Å². The second-order valence-corrected chi connectivity index (χ2v) is 7.00. The summed E-state index contributed by atoms with van der Waals surface area (Å²) in [4.78, 5) is 8.30. The summed E-state index contributed by atoms with van der Waals surface area (Å²) in [5, 5.41) is 13.9. The Morgan fingerprint density at radius 3 is 2.96 bits per heavy atom. The van der Waals surface area contributed by atoms with E-state index in [1.54, 1.807) is 11.3 Å². The number of nitrogens with one attached hydrogen (secondary N) is 1. The maximum Gasteiger partial charge on any atom is 0.194 e.